The molecule has 0 fully saturated rings. The molecule has 1 heterocycles. The van der Waals surface area contributed by atoms with Gasteiger partial charge in [-0.1, -0.05) is 13.8 Å². The molecule has 0 bridgehead atoms. The molecule has 0 radical (unpaired) electrons. The van der Waals surface area contributed by atoms with Crippen molar-refractivity contribution >= 4 is 5.82 Å². The van der Waals surface area contributed by atoms with Crippen LogP contribution in [0, 0.1) is 12.8 Å². The predicted octanol–water partition coefficient (Wildman–Crippen LogP) is 1.21. The number of nitrogens with zero attached hydrogens (tertiary/aromatic N) is 2. The van der Waals surface area contributed by atoms with E-state index in [1.165, 1.54) is 6.33 Å². The van der Waals surface area contributed by atoms with Crippen molar-refractivity contribution in [1.82, 2.24) is 9.97 Å². The summed E-state index contributed by atoms with van der Waals surface area (Å²) in [7, 11) is 0. The molecule has 1 atom stereocenters. The first-order chi connectivity index (χ1) is 6.59. The summed E-state index contributed by atoms with van der Waals surface area (Å²) < 4.78 is 0. The van der Waals surface area contributed by atoms with Gasteiger partial charge in [0.15, 0.2) is 0 Å². The molecule has 0 saturated carbocycles. The van der Waals surface area contributed by atoms with Crippen molar-refractivity contribution < 1.29 is 5.11 Å². The topological polar surface area (TPSA) is 58.0 Å². The van der Waals surface area contributed by atoms with E-state index in [9.17, 15) is 5.11 Å². The molecule has 0 aromatic carbocycles. The van der Waals surface area contributed by atoms with Crippen LogP contribution in [0.15, 0.2) is 12.4 Å². The van der Waals surface area contributed by atoms with Crippen LogP contribution in [-0.2, 0) is 0 Å². The third-order valence-electron chi connectivity index (χ3n) is 2.07. The second-order valence-corrected chi connectivity index (χ2v) is 3.74. The van der Waals surface area contributed by atoms with E-state index in [1.54, 1.807) is 0 Å². The Morgan fingerprint density at radius 1 is 1.43 bits per heavy atom. The summed E-state index contributed by atoms with van der Waals surface area (Å²) in [5, 5.41) is 12.6. The van der Waals surface area contributed by atoms with Crippen molar-refractivity contribution in [2.75, 3.05) is 11.9 Å². The summed E-state index contributed by atoms with van der Waals surface area (Å²) in [4.78, 5) is 8.03. The summed E-state index contributed by atoms with van der Waals surface area (Å²) in [6.07, 6.45) is 1.17. The van der Waals surface area contributed by atoms with Gasteiger partial charge in [-0.05, 0) is 12.8 Å². The van der Waals surface area contributed by atoms with Gasteiger partial charge >= 0.3 is 0 Å². The van der Waals surface area contributed by atoms with E-state index in [4.69, 9.17) is 0 Å². The molecule has 78 valence electrons. The van der Waals surface area contributed by atoms with E-state index in [0.717, 1.165) is 11.5 Å². The van der Waals surface area contributed by atoms with E-state index in [2.05, 4.69) is 15.3 Å². The van der Waals surface area contributed by atoms with Gasteiger partial charge < -0.3 is 10.4 Å². The first-order valence-corrected chi connectivity index (χ1v) is 4.80. The van der Waals surface area contributed by atoms with Crippen LogP contribution in [0.3, 0.4) is 0 Å². The number of rotatable bonds is 4. The van der Waals surface area contributed by atoms with Crippen LogP contribution in [-0.4, -0.2) is 27.7 Å². The highest BCUT2D eigenvalue weighted by atomic mass is 16.3. The van der Waals surface area contributed by atoms with Crippen LogP contribution in [0.4, 0.5) is 5.82 Å². The van der Waals surface area contributed by atoms with Crippen molar-refractivity contribution in [2.24, 2.45) is 5.92 Å². The van der Waals surface area contributed by atoms with Gasteiger partial charge in [0.05, 0.1) is 6.10 Å². The average Bonchev–Trinajstić information content (AvgIpc) is 2.14. The third kappa shape index (κ3) is 3.30. The Morgan fingerprint density at radius 2 is 2.14 bits per heavy atom. The molecule has 0 saturated heterocycles. The molecule has 0 spiro atoms. The lowest BCUT2D eigenvalue weighted by Gasteiger charge is -2.15. The number of hydrogen-bond acceptors (Lipinski definition) is 4. The van der Waals surface area contributed by atoms with Crippen LogP contribution in [0.25, 0.3) is 0 Å². The zero-order valence-corrected chi connectivity index (χ0v) is 8.86. The molecule has 1 aromatic heterocycles. The third-order valence-corrected chi connectivity index (χ3v) is 2.07. The van der Waals surface area contributed by atoms with Crippen LogP contribution in [0.2, 0.25) is 0 Å². The Kier molecular flexibility index (Phi) is 3.83. The number of anilines is 1. The fourth-order valence-electron chi connectivity index (χ4n) is 0.996. The summed E-state index contributed by atoms with van der Waals surface area (Å²) in [5.74, 6) is 1.02. The Bertz CT molecular complexity index is 288. The first-order valence-electron chi connectivity index (χ1n) is 4.80. The highest BCUT2D eigenvalue weighted by Crippen LogP contribution is 2.05. The minimum absolute atomic E-state index is 0.255. The maximum absolute atomic E-state index is 9.55. The van der Waals surface area contributed by atoms with E-state index < -0.39 is 0 Å². The quantitative estimate of drug-likeness (QED) is 0.758. The molecule has 1 aromatic rings. The Balaban J connectivity index is 2.45. The molecule has 0 amide bonds. The standard InChI is InChI=1S/C10H17N3O/c1-7(2)9(14)5-11-10-4-8(3)12-6-13-10/h4,6-7,9,14H,5H2,1-3H3,(H,11,12,13). The lowest BCUT2D eigenvalue weighted by atomic mass is 10.1. The lowest BCUT2D eigenvalue weighted by molar-refractivity contribution is 0.138. The SMILES string of the molecule is Cc1cc(NCC(O)C(C)C)ncn1. The van der Waals surface area contributed by atoms with E-state index in [1.807, 2.05) is 26.8 Å². The number of aliphatic hydroxyl groups excluding tert-OH is 1. The number of aromatic nitrogens is 2. The molecule has 0 aliphatic rings. The fourth-order valence-corrected chi connectivity index (χ4v) is 0.996. The predicted molar refractivity (Wildman–Crippen MR) is 56.1 cm³/mol. The zero-order chi connectivity index (χ0) is 10.6. The van der Waals surface area contributed by atoms with E-state index in [0.29, 0.717) is 6.54 Å². The van der Waals surface area contributed by atoms with Gasteiger partial charge in [0, 0.05) is 18.3 Å². The molecular weight excluding hydrogens is 178 g/mol. The Hall–Kier alpha value is -1.16. The normalized spacial score (nSPS) is 12.9. The molecular formula is C10H17N3O. The molecule has 1 unspecified atom stereocenters. The minimum Gasteiger partial charge on any atom is -0.391 e. The van der Waals surface area contributed by atoms with Crippen LogP contribution >= 0.6 is 0 Å². The highest BCUT2D eigenvalue weighted by molar-refractivity contribution is 5.34. The summed E-state index contributed by atoms with van der Waals surface area (Å²) in [6, 6.07) is 1.85. The molecule has 0 aliphatic carbocycles. The molecule has 2 N–H and O–H groups in total. The zero-order valence-electron chi connectivity index (χ0n) is 8.86. The van der Waals surface area contributed by atoms with Crippen molar-refractivity contribution in [1.29, 1.82) is 0 Å². The van der Waals surface area contributed by atoms with Gasteiger partial charge in [-0.15, -0.1) is 0 Å². The van der Waals surface area contributed by atoms with Crippen molar-refractivity contribution in [2.45, 2.75) is 26.9 Å². The smallest absolute Gasteiger partial charge is 0.129 e. The van der Waals surface area contributed by atoms with Crippen LogP contribution in [0.5, 0.6) is 0 Å². The largest absolute Gasteiger partial charge is 0.391 e. The Morgan fingerprint density at radius 3 is 2.71 bits per heavy atom. The maximum atomic E-state index is 9.55. The summed E-state index contributed by atoms with van der Waals surface area (Å²) in [5.41, 5.74) is 0.918. The molecule has 0 aliphatic heterocycles. The Labute approximate surface area is 84.4 Å². The second-order valence-electron chi connectivity index (χ2n) is 3.74. The van der Waals surface area contributed by atoms with Gasteiger partial charge in [-0.2, -0.15) is 0 Å². The van der Waals surface area contributed by atoms with Gasteiger partial charge in [0.2, 0.25) is 0 Å². The van der Waals surface area contributed by atoms with Crippen molar-refractivity contribution in [3.63, 3.8) is 0 Å². The van der Waals surface area contributed by atoms with Crippen LogP contribution in [0.1, 0.15) is 19.5 Å². The summed E-state index contributed by atoms with van der Waals surface area (Å²) in [6.45, 7) is 6.40. The van der Waals surface area contributed by atoms with Gasteiger partial charge in [0.25, 0.3) is 0 Å². The van der Waals surface area contributed by atoms with Gasteiger partial charge in [-0.25, -0.2) is 9.97 Å². The average molecular weight is 195 g/mol. The van der Waals surface area contributed by atoms with E-state index in [-0.39, 0.29) is 12.0 Å². The fraction of sp³-hybridized carbons (Fsp3) is 0.600. The maximum Gasteiger partial charge on any atom is 0.129 e. The van der Waals surface area contributed by atoms with E-state index >= 15 is 0 Å². The van der Waals surface area contributed by atoms with Crippen molar-refractivity contribution in [3.8, 4) is 0 Å². The first kappa shape index (κ1) is 10.9. The highest BCUT2D eigenvalue weighted by Gasteiger charge is 2.08. The number of hydrogen-bond donors (Lipinski definition) is 2. The minimum atomic E-state index is -0.342. The summed E-state index contributed by atoms with van der Waals surface area (Å²) >= 11 is 0. The lowest BCUT2D eigenvalue weighted by Crippen LogP contribution is -2.25. The number of aliphatic hydroxyl groups is 1. The molecule has 4 nitrogen and oxygen atoms in total. The van der Waals surface area contributed by atoms with Crippen LogP contribution < -0.4 is 5.32 Å². The second kappa shape index (κ2) is 4.91. The van der Waals surface area contributed by atoms with Crippen molar-refractivity contribution in [3.05, 3.63) is 18.1 Å². The molecule has 1 rings (SSSR count). The molecule has 4 heteroatoms. The molecule has 14 heavy (non-hydrogen) atoms. The number of aryl methyl sites for hydroxylation is 1. The van der Waals surface area contributed by atoms with Gasteiger partial charge in [0.1, 0.15) is 12.1 Å². The monoisotopic (exact) mass is 195 g/mol. The number of nitrogens with one attached hydrogen (secondary N) is 1. The van der Waals surface area contributed by atoms with Gasteiger partial charge in [-0.3, -0.25) is 0 Å².